The summed E-state index contributed by atoms with van der Waals surface area (Å²) < 4.78 is 12.1. The largest absolute Gasteiger partial charge is 0.309 e. The Bertz CT molecular complexity index is 8390. The second-order valence-electron chi connectivity index (χ2n) is 33.1. The van der Waals surface area contributed by atoms with Crippen molar-refractivity contribution in [2.75, 3.05) is 0 Å². The fraction of sp³-hybridized carbons (Fsp3) is 0.00820. The van der Waals surface area contributed by atoms with Gasteiger partial charge in [-0.3, -0.25) is 14.5 Å². The Kier molecular flexibility index (Phi) is 19.2. The lowest BCUT2D eigenvalue weighted by Crippen LogP contribution is -2.28. The second kappa shape index (κ2) is 32.6. The van der Waals surface area contributed by atoms with Crippen molar-refractivity contribution in [3.05, 3.63) is 514 Å². The van der Waals surface area contributed by atoms with Gasteiger partial charge in [0.25, 0.3) is 0 Å². The molecule has 0 N–H and O–H groups in total. The number of para-hydroxylation sites is 9. The number of rotatable bonds is 10. The molecule has 1 aliphatic rings. The standard InChI is InChI=1S/C37H25N.C31H20N2S.C30H20N2.C24H16N2/c1-2-13-26(14-3-1)37(33-21-8-4-17-29(33)30-18-5-9-22-34(30)37)27-15-12-16-28(25-27)38-35-23-10-6-19-31(35)32-20-7-11-24-36(32)38;1-2-12-23(13-3-1)33-28-18-6-5-17-27(28)32-31(33)22-11-8-10-21(20-22)24-15-9-16-26-25-14-4-7-19-29(25)34-30(24)26;1-5-16-27-23(12-1)24-13-2-6-17-28(24)31(27)21-10-9-11-22(20-21)32-29-18-7-3-14-25(29)26-15-4-8-19-30(26)32;1-3-7-17(8-4-1)19-13-15-25-23-21(19)11-12-22-20(14-16-26-24(22)23)18-9-5-2-6-10-18/h1-25H;1-20H;1-20H;1-16H. The molecule has 1 aliphatic carbocycles. The van der Waals surface area contributed by atoms with Gasteiger partial charge < -0.3 is 13.7 Å². The second-order valence-corrected chi connectivity index (χ2v) is 34.2. The molecule has 0 aliphatic heterocycles. The van der Waals surface area contributed by atoms with Crippen LogP contribution < -0.4 is 0 Å². The van der Waals surface area contributed by atoms with E-state index in [0.29, 0.717) is 0 Å². The summed E-state index contributed by atoms with van der Waals surface area (Å²) in [5, 5.41) is 12.6. The van der Waals surface area contributed by atoms with Crippen LogP contribution in [0.3, 0.4) is 0 Å². The number of aromatic nitrogens is 7. The Balaban J connectivity index is 0.0000000968. The minimum Gasteiger partial charge on any atom is -0.309 e. The Morgan fingerprint density at radius 3 is 1.07 bits per heavy atom. The van der Waals surface area contributed by atoms with Gasteiger partial charge in [0.1, 0.15) is 5.82 Å². The van der Waals surface area contributed by atoms with Crippen LogP contribution >= 0.6 is 11.3 Å². The molecule has 610 valence electrons. The van der Waals surface area contributed by atoms with E-state index < -0.39 is 5.41 Å². The van der Waals surface area contributed by atoms with Crippen molar-refractivity contribution in [1.29, 1.82) is 0 Å². The Morgan fingerprint density at radius 1 is 0.208 bits per heavy atom. The predicted molar refractivity (Wildman–Crippen MR) is 546 cm³/mol. The van der Waals surface area contributed by atoms with Crippen LogP contribution in [0.5, 0.6) is 0 Å². The van der Waals surface area contributed by atoms with Crippen molar-refractivity contribution >= 4 is 130 Å². The highest BCUT2D eigenvalue weighted by Gasteiger charge is 2.46. The van der Waals surface area contributed by atoms with Gasteiger partial charge >= 0.3 is 0 Å². The zero-order valence-corrected chi connectivity index (χ0v) is 71.6. The summed E-state index contributed by atoms with van der Waals surface area (Å²) in [7, 11) is 0. The predicted octanol–water partition coefficient (Wildman–Crippen LogP) is 31.9. The normalized spacial score (nSPS) is 12.1. The number of hydrogen-bond acceptors (Lipinski definition) is 4. The summed E-state index contributed by atoms with van der Waals surface area (Å²) in [4.78, 5) is 14.4. The van der Waals surface area contributed by atoms with Crippen molar-refractivity contribution in [2.24, 2.45) is 0 Å². The van der Waals surface area contributed by atoms with E-state index in [-0.39, 0.29) is 0 Å². The highest BCUT2D eigenvalue weighted by atomic mass is 32.1. The van der Waals surface area contributed by atoms with Gasteiger partial charge in [-0.1, -0.05) is 364 Å². The van der Waals surface area contributed by atoms with Crippen LogP contribution in [0.15, 0.2) is 492 Å². The Morgan fingerprint density at radius 2 is 0.562 bits per heavy atom. The first-order valence-corrected chi connectivity index (χ1v) is 45.1. The van der Waals surface area contributed by atoms with E-state index in [0.717, 1.165) is 49.9 Å². The Labute approximate surface area is 755 Å². The molecule has 0 bridgehead atoms. The monoisotopic (exact) mass is 1680 g/mol. The average molecular weight is 1680 g/mol. The molecule has 0 saturated carbocycles. The van der Waals surface area contributed by atoms with E-state index in [9.17, 15) is 0 Å². The maximum atomic E-state index is 5.06. The van der Waals surface area contributed by atoms with Gasteiger partial charge in [0.15, 0.2) is 0 Å². The molecule has 7 nitrogen and oxygen atoms in total. The first kappa shape index (κ1) is 76.7. The maximum Gasteiger partial charge on any atom is 0.145 e. The van der Waals surface area contributed by atoms with Crippen molar-refractivity contribution in [3.63, 3.8) is 0 Å². The van der Waals surface area contributed by atoms with Gasteiger partial charge in [0.05, 0.1) is 60.6 Å². The average Bonchev–Trinajstić information content (AvgIpc) is 1.53. The summed E-state index contributed by atoms with van der Waals surface area (Å²) in [6.45, 7) is 0. The van der Waals surface area contributed by atoms with Crippen LogP contribution in [0.25, 0.3) is 197 Å². The van der Waals surface area contributed by atoms with E-state index in [4.69, 9.17) is 4.98 Å². The lowest BCUT2D eigenvalue weighted by Gasteiger charge is -2.34. The number of imidazole rings is 1. The molecule has 0 spiro atoms. The van der Waals surface area contributed by atoms with E-state index in [1.54, 1.807) is 0 Å². The fourth-order valence-electron chi connectivity index (χ4n) is 20.4. The molecule has 0 fully saturated rings. The molecule has 0 unspecified atom stereocenters. The number of thiophene rings is 1. The molecule has 0 saturated heterocycles. The third-order valence-electron chi connectivity index (χ3n) is 26.0. The lowest BCUT2D eigenvalue weighted by molar-refractivity contribution is 0.767. The topological polar surface area (TPSA) is 58.4 Å². The zero-order chi connectivity index (χ0) is 86.0. The first-order valence-electron chi connectivity index (χ1n) is 44.3. The van der Waals surface area contributed by atoms with Crippen LogP contribution in [0, 0.1) is 0 Å². The summed E-state index contributed by atoms with van der Waals surface area (Å²) in [5.74, 6) is 0.956. The number of benzene rings is 19. The van der Waals surface area contributed by atoms with Crippen LogP contribution in [0.1, 0.15) is 22.3 Å². The lowest BCUT2D eigenvalue weighted by atomic mass is 9.67. The van der Waals surface area contributed by atoms with Gasteiger partial charge in [-0.05, 0) is 182 Å². The van der Waals surface area contributed by atoms with Gasteiger partial charge in [-0.15, -0.1) is 11.3 Å². The highest BCUT2D eigenvalue weighted by molar-refractivity contribution is 7.26. The summed E-state index contributed by atoms with van der Waals surface area (Å²) in [6, 6.07) is 171. The van der Waals surface area contributed by atoms with E-state index >= 15 is 0 Å². The summed E-state index contributed by atoms with van der Waals surface area (Å²) in [5.41, 5.74) is 31.8. The molecule has 0 amide bonds. The van der Waals surface area contributed by atoms with Crippen LogP contribution in [-0.4, -0.2) is 33.2 Å². The van der Waals surface area contributed by atoms with E-state index in [2.05, 4.69) is 489 Å². The Hall–Kier alpha value is -16.9. The van der Waals surface area contributed by atoms with Crippen LogP contribution in [0.2, 0.25) is 0 Å². The molecule has 130 heavy (non-hydrogen) atoms. The molecule has 7 aromatic heterocycles. The van der Waals surface area contributed by atoms with Crippen molar-refractivity contribution < 1.29 is 0 Å². The number of pyridine rings is 2. The third kappa shape index (κ3) is 13.0. The zero-order valence-electron chi connectivity index (χ0n) is 70.8. The molecule has 0 radical (unpaired) electrons. The molecule has 0 atom stereocenters. The molecule has 27 rings (SSSR count). The first-order chi connectivity index (χ1) is 64.6. The number of hydrogen-bond donors (Lipinski definition) is 0. The van der Waals surface area contributed by atoms with Gasteiger partial charge in [-0.2, -0.15) is 0 Å². The van der Waals surface area contributed by atoms with Crippen LogP contribution in [-0.2, 0) is 5.41 Å². The minimum atomic E-state index is -0.400. The molecule has 7 heterocycles. The summed E-state index contributed by atoms with van der Waals surface area (Å²) in [6.07, 6.45) is 3.75. The quantitative estimate of drug-likeness (QED) is 0.128. The van der Waals surface area contributed by atoms with Gasteiger partial charge in [0, 0.05) is 104 Å². The summed E-state index contributed by atoms with van der Waals surface area (Å²) >= 11 is 1.87. The van der Waals surface area contributed by atoms with E-state index in [1.165, 1.54) is 169 Å². The molecule has 19 aromatic carbocycles. The minimum absolute atomic E-state index is 0.400. The smallest absolute Gasteiger partial charge is 0.145 e. The van der Waals surface area contributed by atoms with E-state index in [1.807, 2.05) is 41.9 Å². The van der Waals surface area contributed by atoms with Crippen molar-refractivity contribution in [3.8, 4) is 78.6 Å². The third-order valence-corrected chi connectivity index (χ3v) is 27.2. The van der Waals surface area contributed by atoms with Crippen LogP contribution in [0.4, 0.5) is 0 Å². The number of fused-ring (bicyclic) bond motifs is 19. The molecule has 8 heteroatoms. The molecular formula is C122H81N7S. The van der Waals surface area contributed by atoms with Crippen molar-refractivity contribution in [1.82, 2.24) is 33.2 Å². The highest BCUT2D eigenvalue weighted by Crippen LogP contribution is 2.57. The fourth-order valence-corrected chi connectivity index (χ4v) is 21.6. The maximum absolute atomic E-state index is 5.06. The van der Waals surface area contributed by atoms with Gasteiger partial charge in [0.2, 0.25) is 0 Å². The SMILES string of the molecule is c1cc(-n2c3ccccc3c3ccccc32)cc(-n2c3ccccc3c3ccccc32)c1.c1ccc(-c2ccnc3c2ccc2c(-c4ccccc4)ccnc23)cc1.c1ccc(-n2c(-c3cccc(-c4cccc5c4sc4ccccc45)c3)nc3ccccc32)cc1.c1ccc(C2(c3cccc(-n4c5ccccc5c5ccccc54)c3)c3ccccc3-c3ccccc32)cc1. The van der Waals surface area contributed by atoms with Gasteiger partial charge in [-0.25, -0.2) is 4.98 Å². The number of nitrogens with zero attached hydrogens (tertiary/aromatic N) is 7. The van der Waals surface area contributed by atoms with Crippen molar-refractivity contribution in [2.45, 2.75) is 5.41 Å². The molecular weight excluding hydrogens is 1600 g/mol. The molecule has 26 aromatic rings.